The number of hydrogen-bond acceptors (Lipinski definition) is 5. The molecule has 2 heterocycles. The van der Waals surface area contributed by atoms with Crippen LogP contribution in [0.2, 0.25) is 0 Å². The first-order valence-electron chi connectivity index (χ1n) is 13.6. The third kappa shape index (κ3) is 7.55. The van der Waals surface area contributed by atoms with E-state index in [-0.39, 0.29) is 24.3 Å². The number of amides is 2. The van der Waals surface area contributed by atoms with Gasteiger partial charge in [-0.05, 0) is 77.3 Å². The highest BCUT2D eigenvalue weighted by atomic mass is 16.6. The Kier molecular flexibility index (Phi) is 9.56. The van der Waals surface area contributed by atoms with E-state index >= 15 is 0 Å². The van der Waals surface area contributed by atoms with Crippen LogP contribution in [0.25, 0.3) is 0 Å². The van der Waals surface area contributed by atoms with Gasteiger partial charge in [-0.2, -0.15) is 0 Å². The normalized spacial score (nSPS) is 20.6. The quantitative estimate of drug-likeness (QED) is 0.390. The number of piperazine rings is 1. The third-order valence-electron chi connectivity index (χ3n) is 7.19. The topological polar surface area (TPSA) is 79.0 Å². The molecule has 3 rings (SSSR count). The Balaban J connectivity index is 1.59. The Morgan fingerprint density at radius 3 is 2.36 bits per heavy atom. The van der Waals surface area contributed by atoms with Crippen molar-refractivity contribution < 1.29 is 19.1 Å². The molecule has 36 heavy (non-hydrogen) atoms. The van der Waals surface area contributed by atoms with Gasteiger partial charge in [0.25, 0.3) is 0 Å². The van der Waals surface area contributed by atoms with Gasteiger partial charge in [0.1, 0.15) is 23.7 Å². The maximum absolute atomic E-state index is 13.5. The zero-order valence-electron chi connectivity index (χ0n) is 22.8. The van der Waals surface area contributed by atoms with Gasteiger partial charge in [-0.15, -0.1) is 0 Å². The first-order valence-corrected chi connectivity index (χ1v) is 13.6. The number of hydrogen-bond donors (Lipinski definition) is 1. The summed E-state index contributed by atoms with van der Waals surface area (Å²) in [5.41, 5.74) is -0.246. The number of ether oxygens (including phenoxy) is 1. The average molecular weight is 500 g/mol. The number of rotatable bonds is 10. The number of nitrogens with zero attached hydrogens (tertiary/aromatic N) is 2. The summed E-state index contributed by atoms with van der Waals surface area (Å²) in [5, 5.41) is 3.00. The molecule has 0 aliphatic carbocycles. The van der Waals surface area contributed by atoms with E-state index in [1.165, 1.54) is 12.0 Å². The predicted molar refractivity (Wildman–Crippen MR) is 141 cm³/mol. The number of nitrogens with one attached hydrogen (secondary N) is 1. The molecule has 2 amide bonds. The van der Waals surface area contributed by atoms with Crippen molar-refractivity contribution >= 4 is 17.8 Å². The Morgan fingerprint density at radius 1 is 1.08 bits per heavy atom. The summed E-state index contributed by atoms with van der Waals surface area (Å²) in [4.78, 5) is 43.6. The molecule has 1 aromatic carbocycles. The van der Waals surface area contributed by atoms with Gasteiger partial charge in [-0.25, -0.2) is 0 Å². The first kappa shape index (κ1) is 28.2. The van der Waals surface area contributed by atoms with E-state index in [9.17, 15) is 14.4 Å². The van der Waals surface area contributed by atoms with Crippen LogP contribution in [0.15, 0.2) is 30.3 Å². The standard InChI is InChI=1S/C29H45N3O4/c1-22(2)20-24-26(34)32(21-25(33)36-28(3,4)5)29(27(35)30-24)15-18-31(19-16-29)17-11-7-10-14-23-12-8-6-9-13-23/h6,8-9,12-13,22,24H,7,10-11,14-21H2,1-5H3,(H,30,35)/t24-/m0/s1. The molecule has 1 spiro atoms. The highest BCUT2D eigenvalue weighted by Gasteiger charge is 2.54. The Morgan fingerprint density at radius 2 is 1.75 bits per heavy atom. The van der Waals surface area contributed by atoms with Crippen LogP contribution in [-0.2, 0) is 25.5 Å². The smallest absolute Gasteiger partial charge is 0.326 e. The van der Waals surface area contributed by atoms with Gasteiger partial charge in [-0.1, -0.05) is 50.6 Å². The minimum Gasteiger partial charge on any atom is -0.459 e. The molecule has 0 aromatic heterocycles. The molecule has 0 radical (unpaired) electrons. The van der Waals surface area contributed by atoms with E-state index in [0.717, 1.165) is 38.9 Å². The fourth-order valence-corrected chi connectivity index (χ4v) is 5.37. The number of piperidine rings is 1. The Labute approximate surface area is 216 Å². The minimum absolute atomic E-state index is 0.126. The van der Waals surface area contributed by atoms with E-state index in [1.807, 2.05) is 40.7 Å². The van der Waals surface area contributed by atoms with Crippen LogP contribution in [0.3, 0.4) is 0 Å². The molecule has 2 fully saturated rings. The summed E-state index contributed by atoms with van der Waals surface area (Å²) in [6, 6.07) is 9.98. The summed E-state index contributed by atoms with van der Waals surface area (Å²) in [6.45, 7) is 11.8. The molecular weight excluding hydrogens is 454 g/mol. The van der Waals surface area contributed by atoms with Crippen molar-refractivity contribution in [2.45, 2.75) is 96.7 Å². The molecule has 0 unspecified atom stereocenters. The van der Waals surface area contributed by atoms with Crippen molar-refractivity contribution in [2.75, 3.05) is 26.2 Å². The SMILES string of the molecule is CC(C)C[C@@H]1NC(=O)C2(CCN(CCCCCc3ccccc3)CC2)N(CC(=O)OC(C)(C)C)C1=O. The molecule has 0 saturated carbocycles. The Hall–Kier alpha value is -2.41. The van der Waals surface area contributed by atoms with Crippen LogP contribution in [0, 0.1) is 5.92 Å². The summed E-state index contributed by atoms with van der Waals surface area (Å²) in [5.74, 6) is -0.503. The van der Waals surface area contributed by atoms with Crippen molar-refractivity contribution in [1.29, 1.82) is 0 Å². The van der Waals surface area contributed by atoms with E-state index in [0.29, 0.717) is 19.3 Å². The van der Waals surface area contributed by atoms with Crippen LogP contribution >= 0.6 is 0 Å². The molecule has 7 nitrogen and oxygen atoms in total. The van der Waals surface area contributed by atoms with Crippen molar-refractivity contribution in [3.05, 3.63) is 35.9 Å². The van der Waals surface area contributed by atoms with E-state index in [2.05, 4.69) is 34.5 Å². The second-order valence-electron chi connectivity index (χ2n) is 11.8. The number of likely N-dealkylation sites (tertiary alicyclic amines) is 1. The lowest BCUT2D eigenvalue weighted by molar-refractivity contribution is -0.171. The highest BCUT2D eigenvalue weighted by molar-refractivity contribution is 6.01. The van der Waals surface area contributed by atoms with Gasteiger partial charge in [0, 0.05) is 13.1 Å². The number of carbonyl (C=O) groups excluding carboxylic acids is 3. The van der Waals surface area contributed by atoms with Crippen LogP contribution in [-0.4, -0.2) is 70.9 Å². The number of carbonyl (C=O) groups is 3. The summed E-state index contributed by atoms with van der Waals surface area (Å²) < 4.78 is 5.53. The monoisotopic (exact) mass is 499 g/mol. The van der Waals surface area contributed by atoms with Gasteiger partial charge in [0.2, 0.25) is 11.8 Å². The van der Waals surface area contributed by atoms with E-state index in [1.54, 1.807) is 4.90 Å². The third-order valence-corrected chi connectivity index (χ3v) is 7.19. The second-order valence-corrected chi connectivity index (χ2v) is 11.8. The van der Waals surface area contributed by atoms with Crippen molar-refractivity contribution in [1.82, 2.24) is 15.1 Å². The maximum atomic E-state index is 13.5. The van der Waals surface area contributed by atoms with Gasteiger partial charge >= 0.3 is 5.97 Å². The fraction of sp³-hybridized carbons (Fsp3) is 0.690. The van der Waals surface area contributed by atoms with Crippen molar-refractivity contribution in [2.24, 2.45) is 5.92 Å². The molecule has 200 valence electrons. The lowest BCUT2D eigenvalue weighted by Gasteiger charge is -2.51. The summed E-state index contributed by atoms with van der Waals surface area (Å²) >= 11 is 0. The first-order chi connectivity index (χ1) is 17.0. The molecule has 7 heteroatoms. The lowest BCUT2D eigenvalue weighted by Crippen LogP contribution is -2.73. The van der Waals surface area contributed by atoms with Gasteiger partial charge in [0.15, 0.2) is 0 Å². The summed E-state index contributed by atoms with van der Waals surface area (Å²) in [7, 11) is 0. The summed E-state index contributed by atoms with van der Waals surface area (Å²) in [6.07, 6.45) is 6.17. The van der Waals surface area contributed by atoms with Crippen LogP contribution in [0.1, 0.15) is 78.7 Å². The highest BCUT2D eigenvalue weighted by Crippen LogP contribution is 2.34. The molecule has 0 bridgehead atoms. The van der Waals surface area contributed by atoms with Crippen LogP contribution < -0.4 is 5.32 Å². The molecule has 1 N–H and O–H groups in total. The van der Waals surface area contributed by atoms with E-state index < -0.39 is 23.2 Å². The molecule has 2 saturated heterocycles. The lowest BCUT2D eigenvalue weighted by atomic mass is 9.81. The zero-order valence-corrected chi connectivity index (χ0v) is 22.8. The van der Waals surface area contributed by atoms with Crippen LogP contribution in [0.5, 0.6) is 0 Å². The van der Waals surface area contributed by atoms with Gasteiger partial charge in [0.05, 0.1) is 0 Å². The molecular formula is C29H45N3O4. The minimum atomic E-state index is -0.981. The number of esters is 1. The van der Waals surface area contributed by atoms with Gasteiger partial charge < -0.3 is 19.9 Å². The predicted octanol–water partition coefficient (Wildman–Crippen LogP) is 3.95. The molecule has 1 atom stereocenters. The fourth-order valence-electron chi connectivity index (χ4n) is 5.37. The zero-order chi connectivity index (χ0) is 26.3. The van der Waals surface area contributed by atoms with Gasteiger partial charge in [-0.3, -0.25) is 14.4 Å². The number of benzene rings is 1. The van der Waals surface area contributed by atoms with Crippen LogP contribution in [0.4, 0.5) is 0 Å². The van der Waals surface area contributed by atoms with Crippen molar-refractivity contribution in [3.63, 3.8) is 0 Å². The number of aryl methyl sites for hydroxylation is 1. The second kappa shape index (κ2) is 12.2. The molecule has 2 aliphatic heterocycles. The van der Waals surface area contributed by atoms with E-state index in [4.69, 9.17) is 4.74 Å². The number of unbranched alkanes of at least 4 members (excludes halogenated alkanes) is 2. The largest absolute Gasteiger partial charge is 0.459 e. The van der Waals surface area contributed by atoms with Crippen molar-refractivity contribution in [3.8, 4) is 0 Å². The average Bonchev–Trinajstić information content (AvgIpc) is 2.80. The molecule has 1 aromatic rings. The Bertz CT molecular complexity index is 886. The maximum Gasteiger partial charge on any atom is 0.326 e. The molecule has 2 aliphatic rings.